The van der Waals surface area contributed by atoms with Gasteiger partial charge in [0.15, 0.2) is 0 Å². The van der Waals surface area contributed by atoms with E-state index in [9.17, 15) is 22.8 Å². The van der Waals surface area contributed by atoms with Crippen molar-refractivity contribution in [2.24, 2.45) is 23.2 Å². The zero-order valence-corrected chi connectivity index (χ0v) is 25.2. The molecular formula is C30H45N4O5S+. The number of piperidine rings is 1. The van der Waals surface area contributed by atoms with E-state index in [1.54, 1.807) is 12.1 Å². The molecule has 0 radical (unpaired) electrons. The molecule has 220 valence electrons. The number of aryl methyl sites for hydroxylation is 2. The smallest absolute Gasteiger partial charge is 0.329 e. The number of sulfonamides is 1. The Morgan fingerprint density at radius 3 is 2.20 bits per heavy atom. The lowest BCUT2D eigenvalue weighted by Crippen LogP contribution is -3.15. The molecule has 3 aliphatic heterocycles. The molecular weight excluding hydrogens is 528 g/mol. The maximum atomic E-state index is 13.4. The summed E-state index contributed by atoms with van der Waals surface area (Å²) in [6.07, 6.45) is 7.29. The molecule has 3 N–H and O–H groups in total. The first kappa shape index (κ1) is 29.0. The Bertz CT molecular complexity index is 1240. The van der Waals surface area contributed by atoms with Gasteiger partial charge in [-0.25, -0.2) is 14.0 Å². The highest BCUT2D eigenvalue weighted by Crippen LogP contribution is 2.44. The molecule has 3 heterocycles. The second-order valence-electron chi connectivity index (χ2n) is 13.0. The van der Waals surface area contributed by atoms with Crippen molar-refractivity contribution in [1.82, 2.24) is 10.6 Å². The molecule has 0 aromatic heterocycles. The number of hydrogen-bond donors (Lipinski definition) is 3. The zero-order valence-electron chi connectivity index (χ0n) is 24.3. The standard InChI is InChI=1S/C30H44N4O5S/c1-19(2)22-5-7-23(8-6-22)26-17-30(28(36)32-26)10-12-33(13-11-30)40(38,39)14-9-25-20(3)15-24(16-21(25)4)34-27(35)18-31-29(34)37/h15-16,19,22-23,26H,5-14,17-18H2,1-4H3,(H,31,37)(H,32,36)/p+1. The summed E-state index contributed by atoms with van der Waals surface area (Å²) in [7, 11) is -3.41. The number of carbonyl (C=O) groups is 3. The van der Waals surface area contributed by atoms with Gasteiger partial charge in [-0.2, -0.15) is 8.42 Å². The molecule has 4 amide bonds. The van der Waals surface area contributed by atoms with Crippen molar-refractivity contribution in [2.75, 3.05) is 30.3 Å². The summed E-state index contributed by atoms with van der Waals surface area (Å²) >= 11 is 0. The topological polar surface area (TPSA) is 117 Å². The summed E-state index contributed by atoms with van der Waals surface area (Å²) in [5, 5.41) is 5.85. The maximum absolute atomic E-state index is 13.4. The molecule has 1 saturated carbocycles. The van der Waals surface area contributed by atoms with Crippen molar-refractivity contribution < 1.29 is 27.1 Å². The third-order valence-corrected chi connectivity index (χ3v) is 12.4. The van der Waals surface area contributed by atoms with Gasteiger partial charge < -0.3 is 10.6 Å². The molecule has 10 heteroatoms. The van der Waals surface area contributed by atoms with Crippen LogP contribution in [0, 0.1) is 37.0 Å². The Morgan fingerprint density at radius 1 is 1.02 bits per heavy atom. The van der Waals surface area contributed by atoms with Crippen LogP contribution in [0.2, 0.25) is 0 Å². The van der Waals surface area contributed by atoms with E-state index in [4.69, 9.17) is 0 Å². The van der Waals surface area contributed by atoms with Crippen LogP contribution in [0.3, 0.4) is 0 Å². The lowest BCUT2D eigenvalue weighted by molar-refractivity contribution is -0.776. The normalized spacial score (nSPS) is 31.2. The van der Waals surface area contributed by atoms with Crippen molar-refractivity contribution in [3.63, 3.8) is 0 Å². The number of urea groups is 1. The molecule has 40 heavy (non-hydrogen) atoms. The van der Waals surface area contributed by atoms with Crippen molar-refractivity contribution in [3.8, 4) is 0 Å². The number of nitrogens with one attached hydrogen (secondary N) is 3. The van der Waals surface area contributed by atoms with E-state index in [-0.39, 0.29) is 30.2 Å². The summed E-state index contributed by atoms with van der Waals surface area (Å²) in [6.45, 7) is 9.30. The number of carbonyl (C=O) groups excluding carboxylic acids is 3. The monoisotopic (exact) mass is 573 g/mol. The fraction of sp³-hybridized carbons (Fsp3) is 0.700. The average molecular weight is 574 g/mol. The quantitative estimate of drug-likeness (QED) is 0.433. The minimum absolute atomic E-state index is 0.0154. The number of amides is 4. The molecule has 1 aromatic rings. The average Bonchev–Trinajstić information content (AvgIpc) is 3.41. The second kappa shape index (κ2) is 11.1. The van der Waals surface area contributed by atoms with Gasteiger partial charge in [0, 0.05) is 18.9 Å². The van der Waals surface area contributed by atoms with E-state index in [0.717, 1.165) is 39.8 Å². The van der Waals surface area contributed by atoms with Crippen LogP contribution in [-0.2, 0) is 26.0 Å². The first-order chi connectivity index (χ1) is 18.9. The predicted molar refractivity (Wildman–Crippen MR) is 153 cm³/mol. The minimum Gasteiger partial charge on any atom is -0.353 e. The summed E-state index contributed by atoms with van der Waals surface area (Å²) < 4.78 is 27.3. The van der Waals surface area contributed by atoms with E-state index >= 15 is 0 Å². The molecule has 4 fully saturated rings. The molecule has 1 spiro atoms. The number of benzene rings is 1. The number of quaternary nitrogens is 1. The highest BCUT2D eigenvalue weighted by molar-refractivity contribution is 7.85. The first-order valence-electron chi connectivity index (χ1n) is 15.0. The SMILES string of the molecule is Cc1cc(N2C(=O)CNC2=O)cc(C)c1CCS(=O)(=O)[NH+]1CCC2(CC1)CC(C1CCC(C(C)C)CC1)NC2=O. The van der Waals surface area contributed by atoms with Crippen LogP contribution in [0.5, 0.6) is 0 Å². The van der Waals surface area contributed by atoms with Crippen molar-refractivity contribution in [1.29, 1.82) is 0 Å². The zero-order chi connectivity index (χ0) is 28.8. The Hall–Kier alpha value is -2.46. The molecule has 4 aliphatic rings. The lowest BCUT2D eigenvalue weighted by atomic mass is 9.71. The number of nitrogens with zero attached hydrogens (tertiary/aromatic N) is 1. The van der Waals surface area contributed by atoms with E-state index in [1.165, 1.54) is 25.7 Å². The van der Waals surface area contributed by atoms with E-state index in [1.807, 2.05) is 13.8 Å². The van der Waals surface area contributed by atoms with Gasteiger partial charge in [-0.3, -0.25) is 9.59 Å². The van der Waals surface area contributed by atoms with E-state index in [2.05, 4.69) is 24.5 Å². The predicted octanol–water partition coefficient (Wildman–Crippen LogP) is 2.25. The number of hydrogen-bond acceptors (Lipinski definition) is 5. The van der Waals surface area contributed by atoms with Gasteiger partial charge in [-0.05, 0) is 98.9 Å². The lowest BCUT2D eigenvalue weighted by Gasteiger charge is -2.36. The van der Waals surface area contributed by atoms with Gasteiger partial charge in [-0.15, -0.1) is 0 Å². The number of anilines is 1. The van der Waals surface area contributed by atoms with E-state index in [0.29, 0.717) is 48.3 Å². The van der Waals surface area contributed by atoms with E-state index < -0.39 is 21.5 Å². The fourth-order valence-electron chi connectivity index (χ4n) is 7.69. The van der Waals surface area contributed by atoms with Crippen LogP contribution in [0.25, 0.3) is 0 Å². The first-order valence-corrected chi connectivity index (χ1v) is 16.6. The Balaban J connectivity index is 1.17. The van der Waals surface area contributed by atoms with Gasteiger partial charge >= 0.3 is 6.03 Å². The van der Waals surface area contributed by atoms with Gasteiger partial charge in [-0.1, -0.05) is 13.8 Å². The van der Waals surface area contributed by atoms with Gasteiger partial charge in [0.1, 0.15) is 5.75 Å². The molecule has 1 atom stereocenters. The van der Waals surface area contributed by atoms with Crippen LogP contribution in [0.15, 0.2) is 12.1 Å². The number of imide groups is 1. The van der Waals surface area contributed by atoms with Crippen LogP contribution in [0.4, 0.5) is 10.5 Å². The van der Waals surface area contributed by atoms with Gasteiger partial charge in [0.05, 0.1) is 30.7 Å². The van der Waals surface area contributed by atoms with Crippen LogP contribution in [0.1, 0.15) is 75.5 Å². The third-order valence-electron chi connectivity index (χ3n) is 10.3. The minimum atomic E-state index is -3.41. The van der Waals surface area contributed by atoms with Crippen molar-refractivity contribution in [3.05, 3.63) is 28.8 Å². The molecule has 9 nitrogen and oxygen atoms in total. The summed E-state index contributed by atoms with van der Waals surface area (Å²) in [5.41, 5.74) is 2.75. The Labute approximate surface area is 238 Å². The van der Waals surface area contributed by atoms with Crippen LogP contribution >= 0.6 is 0 Å². The molecule has 1 unspecified atom stereocenters. The molecule has 5 rings (SSSR count). The maximum Gasteiger partial charge on any atom is 0.329 e. The van der Waals surface area contributed by atoms with Crippen molar-refractivity contribution >= 4 is 33.6 Å². The van der Waals surface area contributed by atoms with Gasteiger partial charge in [0.2, 0.25) is 5.91 Å². The fourth-order valence-corrected chi connectivity index (χ4v) is 9.28. The summed E-state index contributed by atoms with van der Waals surface area (Å²) in [5.74, 6) is 1.91. The van der Waals surface area contributed by atoms with Crippen molar-refractivity contribution in [2.45, 2.75) is 85.1 Å². The Kier molecular flexibility index (Phi) is 8.05. The Morgan fingerprint density at radius 2 is 1.65 bits per heavy atom. The van der Waals surface area contributed by atoms with Crippen LogP contribution < -0.4 is 19.8 Å². The molecule has 0 bridgehead atoms. The van der Waals surface area contributed by atoms with Gasteiger partial charge in [0.25, 0.3) is 15.9 Å². The number of rotatable bonds is 7. The third kappa shape index (κ3) is 5.53. The summed E-state index contributed by atoms with van der Waals surface area (Å²) in [4.78, 5) is 38.5. The highest BCUT2D eigenvalue weighted by Gasteiger charge is 2.52. The molecule has 3 saturated heterocycles. The second-order valence-corrected chi connectivity index (χ2v) is 15.3. The molecule has 1 aliphatic carbocycles. The molecule has 1 aromatic carbocycles. The largest absolute Gasteiger partial charge is 0.353 e. The highest BCUT2D eigenvalue weighted by atomic mass is 32.2. The summed E-state index contributed by atoms with van der Waals surface area (Å²) in [6, 6.07) is 3.35. The van der Waals surface area contributed by atoms with Crippen LogP contribution in [-0.4, -0.2) is 57.7 Å².